The highest BCUT2D eigenvalue weighted by Gasteiger charge is 2.23. The Bertz CT molecular complexity index is 3650. The average Bonchev–Trinajstić information content (AvgIpc) is 3.93. The number of nitrogens with zero attached hydrogens (tertiary/aromatic N) is 4. The van der Waals surface area contributed by atoms with Crippen molar-refractivity contribution in [2.75, 3.05) is 0 Å². The zero-order chi connectivity index (χ0) is 45.9. The largest absolute Gasteiger partial charge is 0.338 e. The quantitative estimate of drug-likeness (QED) is 0.104. The van der Waals surface area contributed by atoms with Crippen molar-refractivity contribution in [3.8, 4) is 22.3 Å². The van der Waals surface area contributed by atoms with Crippen LogP contribution < -0.4 is 11.1 Å². The number of rotatable bonds is 10. The first kappa shape index (κ1) is 43.3. The van der Waals surface area contributed by atoms with Crippen molar-refractivity contribution in [2.24, 2.45) is 0 Å². The summed E-state index contributed by atoms with van der Waals surface area (Å²) in [5.41, 5.74) is 7.03. The molecule has 12 heteroatoms. The molecule has 6 aromatic carbocycles. The number of aromatic nitrogens is 6. The lowest BCUT2D eigenvalue weighted by molar-refractivity contribution is 0.103. The van der Waals surface area contributed by atoms with Crippen molar-refractivity contribution in [1.29, 1.82) is 0 Å². The number of hydrogen-bond acceptors (Lipinski definition) is 6. The summed E-state index contributed by atoms with van der Waals surface area (Å²) >= 11 is 12.6. The van der Waals surface area contributed by atoms with E-state index in [0.29, 0.717) is 56.8 Å². The molecule has 324 valence electrons. The Kier molecular flexibility index (Phi) is 12.3. The molecule has 2 N–H and O–H groups in total. The third-order valence-corrected chi connectivity index (χ3v) is 11.8. The molecule has 4 aromatic heterocycles. The highest BCUT2D eigenvalue weighted by molar-refractivity contribution is 6.32. The number of pyridine rings is 2. The molecule has 4 heterocycles. The second-order valence-corrected chi connectivity index (χ2v) is 16.2. The van der Waals surface area contributed by atoms with Gasteiger partial charge in [-0.25, -0.2) is 9.97 Å². The van der Waals surface area contributed by atoms with Gasteiger partial charge in [-0.2, -0.15) is 0 Å². The van der Waals surface area contributed by atoms with Crippen molar-refractivity contribution >= 4 is 90.8 Å². The predicted octanol–water partition coefficient (Wildman–Crippen LogP) is 12.2. The summed E-state index contributed by atoms with van der Waals surface area (Å²) in [6.07, 6.45) is 6.09. The van der Waals surface area contributed by atoms with Crippen LogP contribution in [0.25, 0.3) is 78.3 Å². The molecule has 66 heavy (non-hydrogen) atoms. The number of nitrogens with one attached hydrogen (secondary N) is 2. The second kappa shape index (κ2) is 18.7. The first-order valence-electron chi connectivity index (χ1n) is 21.3. The number of fused-ring (bicyclic) bond motifs is 4. The molecule has 0 saturated carbocycles. The highest BCUT2D eigenvalue weighted by atomic mass is 35.5. The first-order valence-corrected chi connectivity index (χ1v) is 22.1. The fraction of sp³-hybridized carbons (Fsp3) is 0.0741. The number of hydrogen-bond donors (Lipinski definition) is 2. The molecule has 0 saturated heterocycles. The lowest BCUT2D eigenvalue weighted by Crippen LogP contribution is -2.27. The summed E-state index contributed by atoms with van der Waals surface area (Å²) in [6, 6.07) is 44.9. The molecule has 0 fully saturated rings. The van der Waals surface area contributed by atoms with Crippen LogP contribution in [-0.4, -0.2) is 40.6 Å². The summed E-state index contributed by atoms with van der Waals surface area (Å²) in [5.74, 6) is 0.425. The molecule has 0 spiro atoms. The van der Waals surface area contributed by atoms with Gasteiger partial charge in [0, 0.05) is 50.6 Å². The number of halogens is 2. The van der Waals surface area contributed by atoms with Crippen molar-refractivity contribution in [3.05, 3.63) is 211 Å². The van der Waals surface area contributed by atoms with E-state index in [1.165, 1.54) is 12.2 Å². The van der Waals surface area contributed by atoms with Gasteiger partial charge in [0.15, 0.2) is 11.6 Å². The smallest absolute Gasteiger partial charge is 0.262 e. The zero-order valence-corrected chi connectivity index (χ0v) is 37.3. The number of carbonyl (C=O) groups excluding carboxylic acids is 2. The zero-order valence-electron chi connectivity index (χ0n) is 35.8. The van der Waals surface area contributed by atoms with E-state index >= 15 is 0 Å². The van der Waals surface area contributed by atoms with Crippen molar-refractivity contribution in [2.45, 2.75) is 26.9 Å². The Morgan fingerprint density at radius 3 is 1.82 bits per heavy atom. The lowest BCUT2D eigenvalue weighted by atomic mass is 9.93. The molecule has 0 bridgehead atoms. The average molecular weight is 908 g/mol. The summed E-state index contributed by atoms with van der Waals surface area (Å²) in [5, 5.41) is 2.54. The van der Waals surface area contributed by atoms with Gasteiger partial charge in [0.1, 0.15) is 11.6 Å². The first-order chi connectivity index (χ1) is 32.1. The number of H-pyrrole nitrogens is 2. The van der Waals surface area contributed by atoms with E-state index < -0.39 is 11.3 Å². The fourth-order valence-corrected chi connectivity index (χ4v) is 8.70. The second-order valence-electron chi connectivity index (χ2n) is 15.3. The third kappa shape index (κ3) is 8.43. The van der Waals surface area contributed by atoms with Crippen LogP contribution in [0, 0.1) is 0 Å². The Labute approximate surface area is 388 Å². The van der Waals surface area contributed by atoms with Gasteiger partial charge in [-0.15, -0.1) is 0 Å². The molecule has 10 rings (SSSR count). The topological polar surface area (TPSA) is 136 Å². The molecule has 0 atom stereocenters. The van der Waals surface area contributed by atoms with Crippen molar-refractivity contribution in [1.82, 2.24) is 29.1 Å². The molecule has 0 radical (unpaired) electrons. The van der Waals surface area contributed by atoms with Gasteiger partial charge in [0.2, 0.25) is 0 Å². The summed E-state index contributed by atoms with van der Waals surface area (Å²) < 4.78 is 3.67. The van der Waals surface area contributed by atoms with E-state index in [9.17, 15) is 19.2 Å². The Morgan fingerprint density at radius 1 is 0.561 bits per heavy atom. The van der Waals surface area contributed by atoms with Crippen LogP contribution >= 0.6 is 23.2 Å². The lowest BCUT2D eigenvalue weighted by Gasteiger charge is -2.16. The molecule has 0 aliphatic carbocycles. The monoisotopic (exact) mass is 906 g/mol. The van der Waals surface area contributed by atoms with Crippen molar-refractivity contribution in [3.63, 3.8) is 0 Å². The Morgan fingerprint density at radius 2 is 1.14 bits per heavy atom. The predicted molar refractivity (Wildman–Crippen MR) is 268 cm³/mol. The maximum atomic E-state index is 13.7. The number of carbonyl (C=O) groups is 2. The van der Waals surface area contributed by atoms with E-state index in [4.69, 9.17) is 23.2 Å². The molecular weight excluding hydrogens is 868 g/mol. The third-order valence-electron chi connectivity index (χ3n) is 11.3. The van der Waals surface area contributed by atoms with Crippen LogP contribution in [0.15, 0.2) is 167 Å². The van der Waals surface area contributed by atoms with Crippen LogP contribution in [-0.2, 0) is 13.1 Å². The van der Waals surface area contributed by atoms with E-state index in [1.54, 1.807) is 41.0 Å². The minimum absolute atomic E-state index is 0.0633. The SMILES string of the molecule is CCn1c(/C=C/C(=O)c2c(-c3ccccc3)c3cc(Cl)ccc3n(CC)c2=O)nc2ccccc21.O=C(/C=C/c1nc2ccccc2[nH]1)c1c(-c2ccccc2)c2cc(Cl)ccc2[nH]c1=O. The fourth-order valence-electron chi connectivity index (χ4n) is 8.36. The van der Waals surface area contributed by atoms with Gasteiger partial charge in [0.05, 0.1) is 38.7 Å². The van der Waals surface area contributed by atoms with Gasteiger partial charge in [-0.1, -0.05) is 108 Å². The Balaban J connectivity index is 0.000000167. The molecule has 0 aliphatic heterocycles. The molecule has 0 unspecified atom stereocenters. The van der Waals surface area contributed by atoms with Crippen LogP contribution in [0.5, 0.6) is 0 Å². The number of ketones is 2. The molecular formula is C54H40Cl2N6O4. The molecule has 0 amide bonds. The number of aryl methyl sites for hydroxylation is 2. The van der Waals surface area contributed by atoms with Gasteiger partial charge >= 0.3 is 0 Å². The summed E-state index contributed by atoms with van der Waals surface area (Å²) in [4.78, 5) is 68.5. The van der Waals surface area contributed by atoms with Crippen LogP contribution in [0.2, 0.25) is 10.0 Å². The van der Waals surface area contributed by atoms with E-state index in [-0.39, 0.29) is 22.5 Å². The van der Waals surface area contributed by atoms with E-state index in [1.807, 2.05) is 140 Å². The van der Waals surface area contributed by atoms with Gasteiger partial charge in [0.25, 0.3) is 11.1 Å². The van der Waals surface area contributed by atoms with Crippen LogP contribution in [0.3, 0.4) is 0 Å². The van der Waals surface area contributed by atoms with Crippen molar-refractivity contribution < 1.29 is 9.59 Å². The highest BCUT2D eigenvalue weighted by Crippen LogP contribution is 2.34. The van der Waals surface area contributed by atoms with E-state index in [0.717, 1.165) is 44.1 Å². The number of imidazole rings is 2. The molecule has 10 aromatic rings. The van der Waals surface area contributed by atoms with Gasteiger partial charge in [-0.3, -0.25) is 19.2 Å². The molecule has 0 aliphatic rings. The number of benzene rings is 6. The normalized spacial score (nSPS) is 11.6. The van der Waals surface area contributed by atoms with Crippen LogP contribution in [0.1, 0.15) is 46.2 Å². The van der Waals surface area contributed by atoms with Gasteiger partial charge in [-0.05, 0) is 110 Å². The number of allylic oxidation sites excluding steroid dienone is 2. The van der Waals surface area contributed by atoms with Crippen LogP contribution in [0.4, 0.5) is 0 Å². The number of aromatic amines is 2. The van der Waals surface area contributed by atoms with E-state index in [2.05, 4.69) is 19.9 Å². The summed E-state index contributed by atoms with van der Waals surface area (Å²) in [6.45, 7) is 5.07. The maximum Gasteiger partial charge on any atom is 0.262 e. The Hall–Kier alpha value is -7.92. The standard InChI is InChI=1S/C29H24ClN3O2.C25H16ClN3O2/c1-3-32-24-13-9-8-12-22(24)31-26(32)17-16-25(34)28-27(19-10-6-5-7-11-19)21-18-20(30)14-15-23(21)33(4-2)29(28)35;26-16-10-11-18-17(14-16)23(15-6-2-1-3-7-15)24(25(31)29-18)21(30)12-13-22-27-19-8-4-5-9-20(19)28-22/h5-18H,3-4H2,1-2H3;1-14H,(H,27,28)(H,29,31)/b17-16+;13-12+. The minimum atomic E-state index is -0.451. The maximum absolute atomic E-state index is 13.7. The van der Waals surface area contributed by atoms with Gasteiger partial charge < -0.3 is 19.1 Å². The number of para-hydroxylation sites is 4. The molecule has 10 nitrogen and oxygen atoms in total. The minimum Gasteiger partial charge on any atom is -0.338 e. The summed E-state index contributed by atoms with van der Waals surface area (Å²) in [7, 11) is 0.